The molecule has 5 nitrogen and oxygen atoms in total. The Bertz CT molecular complexity index is 882. The van der Waals surface area contributed by atoms with Gasteiger partial charge in [0.2, 0.25) is 5.89 Å². The first-order valence-corrected chi connectivity index (χ1v) is 8.01. The molecule has 24 heavy (non-hydrogen) atoms. The molecule has 0 bridgehead atoms. The first-order chi connectivity index (χ1) is 11.4. The number of oxazole rings is 1. The highest BCUT2D eigenvalue weighted by Crippen LogP contribution is 2.32. The molecule has 2 aromatic heterocycles. The lowest BCUT2D eigenvalue weighted by Crippen LogP contribution is -2.20. The van der Waals surface area contributed by atoms with Crippen LogP contribution in [0.5, 0.6) is 0 Å². The minimum Gasteiger partial charge on any atom is -0.436 e. The number of fused-ring (bicyclic) bond motifs is 1. The van der Waals surface area contributed by atoms with Crippen molar-refractivity contribution in [1.29, 1.82) is 0 Å². The van der Waals surface area contributed by atoms with Crippen LogP contribution in [0.3, 0.4) is 0 Å². The first kappa shape index (κ1) is 17.0. The lowest BCUT2D eigenvalue weighted by molar-refractivity contribution is 0.425. The van der Waals surface area contributed by atoms with E-state index in [9.17, 15) is 4.39 Å². The summed E-state index contributed by atoms with van der Waals surface area (Å²) in [7, 11) is 4.02. The van der Waals surface area contributed by atoms with E-state index < -0.39 is 5.82 Å². The molecule has 126 valence electrons. The number of aromatic nitrogens is 2. The van der Waals surface area contributed by atoms with Gasteiger partial charge in [-0.1, -0.05) is 23.2 Å². The number of halogens is 3. The van der Waals surface area contributed by atoms with Crippen molar-refractivity contribution >= 4 is 40.0 Å². The molecule has 8 heteroatoms. The van der Waals surface area contributed by atoms with E-state index in [1.165, 1.54) is 6.07 Å². The molecule has 0 saturated heterocycles. The van der Waals surface area contributed by atoms with Gasteiger partial charge in [0.1, 0.15) is 10.7 Å². The van der Waals surface area contributed by atoms with Crippen molar-refractivity contribution < 1.29 is 8.81 Å². The van der Waals surface area contributed by atoms with E-state index in [4.69, 9.17) is 27.6 Å². The van der Waals surface area contributed by atoms with Crippen LogP contribution in [-0.2, 0) is 0 Å². The summed E-state index contributed by atoms with van der Waals surface area (Å²) < 4.78 is 19.3. The lowest BCUT2D eigenvalue weighted by Gasteiger charge is -2.10. The van der Waals surface area contributed by atoms with Gasteiger partial charge >= 0.3 is 0 Å². The van der Waals surface area contributed by atoms with Crippen LogP contribution < -0.4 is 5.32 Å². The molecule has 0 aliphatic carbocycles. The van der Waals surface area contributed by atoms with E-state index in [1.807, 2.05) is 26.2 Å². The van der Waals surface area contributed by atoms with Crippen LogP contribution in [-0.4, -0.2) is 42.1 Å². The summed E-state index contributed by atoms with van der Waals surface area (Å²) >= 11 is 11.6. The van der Waals surface area contributed by atoms with E-state index in [2.05, 4.69) is 20.2 Å². The van der Waals surface area contributed by atoms with Gasteiger partial charge in [-0.3, -0.25) is 0 Å². The zero-order valence-electron chi connectivity index (χ0n) is 13.1. The normalized spacial score (nSPS) is 11.4. The molecule has 0 spiro atoms. The number of pyridine rings is 1. The number of nitrogens with zero attached hydrogens (tertiary/aromatic N) is 3. The van der Waals surface area contributed by atoms with Gasteiger partial charge in [0, 0.05) is 18.8 Å². The van der Waals surface area contributed by atoms with Crippen molar-refractivity contribution in [2.45, 2.75) is 0 Å². The van der Waals surface area contributed by atoms with Crippen molar-refractivity contribution in [2.75, 3.05) is 32.5 Å². The van der Waals surface area contributed by atoms with Gasteiger partial charge in [-0.15, -0.1) is 0 Å². The van der Waals surface area contributed by atoms with Gasteiger partial charge in [-0.05, 0) is 38.4 Å². The predicted molar refractivity (Wildman–Crippen MR) is 94.3 cm³/mol. The molecule has 0 amide bonds. The SMILES string of the molecule is CN(C)CCNc1ccc2oc(-c3cc(F)c(Cl)nc3Cl)nc2c1. The van der Waals surface area contributed by atoms with Gasteiger partial charge in [-0.25, -0.2) is 14.4 Å². The Morgan fingerprint density at radius 3 is 2.71 bits per heavy atom. The van der Waals surface area contributed by atoms with Crippen molar-refractivity contribution in [1.82, 2.24) is 14.9 Å². The molecule has 1 aromatic carbocycles. The Hall–Kier alpha value is -1.89. The summed E-state index contributed by atoms with van der Waals surface area (Å²) in [4.78, 5) is 10.2. The molecular weight excluding hydrogens is 354 g/mol. The number of anilines is 1. The number of benzene rings is 1. The van der Waals surface area contributed by atoms with Gasteiger partial charge in [0.15, 0.2) is 16.6 Å². The Morgan fingerprint density at radius 2 is 1.96 bits per heavy atom. The summed E-state index contributed by atoms with van der Waals surface area (Å²) in [6.45, 7) is 1.72. The zero-order chi connectivity index (χ0) is 17.3. The third-order valence-corrected chi connectivity index (χ3v) is 3.95. The second-order valence-corrected chi connectivity index (χ2v) is 6.25. The molecule has 0 aliphatic heterocycles. The standard InChI is InChI=1S/C16H15Cl2FN4O/c1-23(2)6-5-20-9-3-4-13-12(7-9)21-16(24-13)10-8-11(19)15(18)22-14(10)17/h3-4,7-8,20H,5-6H2,1-2H3. The topological polar surface area (TPSA) is 54.2 Å². The molecule has 3 rings (SSSR count). The fourth-order valence-electron chi connectivity index (χ4n) is 2.17. The number of nitrogens with one attached hydrogen (secondary N) is 1. The van der Waals surface area contributed by atoms with E-state index in [1.54, 1.807) is 6.07 Å². The van der Waals surface area contributed by atoms with Crippen molar-refractivity contribution in [2.24, 2.45) is 0 Å². The lowest BCUT2D eigenvalue weighted by atomic mass is 10.2. The molecule has 1 N–H and O–H groups in total. The second-order valence-electron chi connectivity index (χ2n) is 5.53. The Kier molecular flexibility index (Phi) is 4.89. The Morgan fingerprint density at radius 1 is 1.17 bits per heavy atom. The molecule has 0 fully saturated rings. The largest absolute Gasteiger partial charge is 0.436 e. The summed E-state index contributed by atoms with van der Waals surface area (Å²) in [5.41, 5.74) is 2.41. The van der Waals surface area contributed by atoms with Crippen molar-refractivity contribution in [3.05, 3.63) is 40.4 Å². The van der Waals surface area contributed by atoms with Crippen LogP contribution in [0.1, 0.15) is 0 Å². The summed E-state index contributed by atoms with van der Waals surface area (Å²) in [5, 5.41) is 3.06. The van der Waals surface area contributed by atoms with Crippen LogP contribution in [0.25, 0.3) is 22.6 Å². The maximum absolute atomic E-state index is 13.6. The van der Waals surface area contributed by atoms with Crippen LogP contribution in [0.15, 0.2) is 28.7 Å². The smallest absolute Gasteiger partial charge is 0.230 e. The van der Waals surface area contributed by atoms with Gasteiger partial charge in [-0.2, -0.15) is 0 Å². The molecule has 3 aromatic rings. The minimum atomic E-state index is -0.677. The molecular formula is C16H15Cl2FN4O. The van der Waals surface area contributed by atoms with Gasteiger partial charge in [0.25, 0.3) is 0 Å². The average molecular weight is 369 g/mol. The molecule has 0 aliphatic rings. The molecule has 0 saturated carbocycles. The third kappa shape index (κ3) is 3.61. The molecule has 0 atom stereocenters. The predicted octanol–water partition coefficient (Wildman–Crippen LogP) is 4.31. The van der Waals surface area contributed by atoms with Crippen molar-refractivity contribution in [3.63, 3.8) is 0 Å². The fraction of sp³-hybridized carbons (Fsp3) is 0.250. The van der Waals surface area contributed by atoms with E-state index in [-0.39, 0.29) is 21.8 Å². The molecule has 0 unspecified atom stereocenters. The molecule has 0 radical (unpaired) electrons. The number of hydrogen-bond acceptors (Lipinski definition) is 5. The number of likely N-dealkylation sites (N-methyl/N-ethyl adjacent to an activating group) is 1. The van der Waals surface area contributed by atoms with Crippen molar-refractivity contribution in [3.8, 4) is 11.5 Å². The zero-order valence-corrected chi connectivity index (χ0v) is 14.6. The maximum atomic E-state index is 13.6. The van der Waals surface area contributed by atoms with E-state index in [0.29, 0.717) is 11.1 Å². The highest BCUT2D eigenvalue weighted by molar-refractivity contribution is 6.34. The average Bonchev–Trinajstić information content (AvgIpc) is 2.93. The first-order valence-electron chi connectivity index (χ1n) is 7.25. The Labute approximate surface area is 148 Å². The van der Waals surface area contributed by atoms with Crippen LogP contribution >= 0.6 is 23.2 Å². The maximum Gasteiger partial charge on any atom is 0.230 e. The fourth-order valence-corrected chi connectivity index (χ4v) is 2.57. The van der Waals surface area contributed by atoms with E-state index in [0.717, 1.165) is 18.8 Å². The van der Waals surface area contributed by atoms with Gasteiger partial charge in [0.05, 0.1) is 5.56 Å². The summed E-state index contributed by atoms with van der Waals surface area (Å²) in [5.74, 6) is -0.479. The second kappa shape index (κ2) is 6.93. The highest BCUT2D eigenvalue weighted by atomic mass is 35.5. The van der Waals surface area contributed by atoms with E-state index >= 15 is 0 Å². The molecule has 2 heterocycles. The summed E-state index contributed by atoms with van der Waals surface area (Å²) in [6.07, 6.45) is 0. The third-order valence-electron chi connectivity index (χ3n) is 3.39. The van der Waals surface area contributed by atoms with Gasteiger partial charge < -0.3 is 14.6 Å². The summed E-state index contributed by atoms with van der Waals surface area (Å²) in [6, 6.07) is 6.73. The highest BCUT2D eigenvalue weighted by Gasteiger charge is 2.16. The van der Waals surface area contributed by atoms with Crippen LogP contribution in [0.4, 0.5) is 10.1 Å². The Balaban J connectivity index is 1.90. The number of hydrogen-bond donors (Lipinski definition) is 1. The monoisotopic (exact) mass is 368 g/mol. The van der Waals surface area contributed by atoms with Crippen LogP contribution in [0.2, 0.25) is 10.3 Å². The van der Waals surface area contributed by atoms with Crippen LogP contribution in [0, 0.1) is 5.82 Å². The quantitative estimate of drug-likeness (QED) is 0.680. The number of rotatable bonds is 5. The minimum absolute atomic E-state index is 0.0392.